The van der Waals surface area contributed by atoms with E-state index in [1.54, 1.807) is 31.3 Å². The molecule has 0 radical (unpaired) electrons. The zero-order valence-corrected chi connectivity index (χ0v) is 18.5. The van der Waals surface area contributed by atoms with Crippen LogP contribution >= 0.6 is 0 Å². The minimum Gasteiger partial charge on any atom is -0.454 e. The van der Waals surface area contributed by atoms with Crippen LogP contribution < -0.4 is 9.47 Å². The van der Waals surface area contributed by atoms with Crippen molar-refractivity contribution in [2.24, 2.45) is 11.0 Å². The Morgan fingerprint density at radius 3 is 2.67 bits per heavy atom. The summed E-state index contributed by atoms with van der Waals surface area (Å²) in [6.45, 7) is 0.0710. The number of benzene rings is 2. The average Bonchev–Trinajstić information content (AvgIpc) is 3.58. The van der Waals surface area contributed by atoms with Crippen LogP contribution in [0.15, 0.2) is 47.6 Å². The number of halogens is 1. The molecule has 0 unspecified atom stereocenters. The number of hydrogen-bond acceptors (Lipinski definition) is 5. The number of likely N-dealkylation sites (N-methyl/N-ethyl adjacent to an activating group) is 1. The van der Waals surface area contributed by atoms with Crippen LogP contribution in [0.1, 0.15) is 49.3 Å². The minimum atomic E-state index is -0.434. The second kappa shape index (κ2) is 8.84. The number of carbonyl (C=O) groups is 2. The van der Waals surface area contributed by atoms with Crippen LogP contribution in [0.5, 0.6) is 11.5 Å². The predicted octanol–water partition coefficient (Wildman–Crippen LogP) is 3.88. The van der Waals surface area contributed by atoms with Crippen LogP contribution in [0.2, 0.25) is 0 Å². The molecule has 2 amide bonds. The zero-order valence-electron chi connectivity index (χ0n) is 18.5. The van der Waals surface area contributed by atoms with Gasteiger partial charge in [0.05, 0.1) is 11.8 Å². The van der Waals surface area contributed by atoms with Crippen LogP contribution in [0.25, 0.3) is 0 Å². The van der Waals surface area contributed by atoms with Gasteiger partial charge in [-0.2, -0.15) is 5.10 Å². The zero-order chi connectivity index (χ0) is 22.9. The molecule has 1 atom stereocenters. The van der Waals surface area contributed by atoms with Gasteiger partial charge in [-0.1, -0.05) is 37.1 Å². The van der Waals surface area contributed by atoms with Gasteiger partial charge in [0.15, 0.2) is 11.5 Å². The van der Waals surface area contributed by atoms with Crippen molar-refractivity contribution < 1.29 is 23.5 Å². The number of amides is 2. The fourth-order valence-electron chi connectivity index (χ4n) is 4.82. The van der Waals surface area contributed by atoms with Crippen molar-refractivity contribution in [3.63, 3.8) is 0 Å². The lowest BCUT2D eigenvalue weighted by Gasteiger charge is -2.26. The normalized spacial score (nSPS) is 19.6. The van der Waals surface area contributed by atoms with E-state index in [0.717, 1.165) is 31.2 Å². The van der Waals surface area contributed by atoms with Crippen molar-refractivity contribution >= 4 is 17.5 Å². The summed E-state index contributed by atoms with van der Waals surface area (Å²) < 4.78 is 25.4. The SMILES string of the molecule is CN(CC(=O)N1N=C(c2ccccc2F)C[C@H]1c1ccc2c(c1)OCO2)C(=O)C1CCCC1. The summed E-state index contributed by atoms with van der Waals surface area (Å²) in [6, 6.07) is 11.5. The van der Waals surface area contributed by atoms with Gasteiger partial charge in [0.2, 0.25) is 12.7 Å². The fraction of sp³-hybridized carbons (Fsp3) is 0.400. The Kier molecular flexibility index (Phi) is 5.74. The van der Waals surface area contributed by atoms with E-state index in [4.69, 9.17) is 9.47 Å². The van der Waals surface area contributed by atoms with E-state index in [1.165, 1.54) is 16.0 Å². The topological polar surface area (TPSA) is 71.4 Å². The third kappa shape index (κ3) is 4.17. The van der Waals surface area contributed by atoms with E-state index >= 15 is 0 Å². The Labute approximate surface area is 191 Å². The van der Waals surface area contributed by atoms with Gasteiger partial charge >= 0.3 is 0 Å². The number of fused-ring (bicyclic) bond motifs is 1. The van der Waals surface area contributed by atoms with E-state index < -0.39 is 6.04 Å². The first-order valence-corrected chi connectivity index (χ1v) is 11.3. The number of carbonyl (C=O) groups excluding carboxylic acids is 2. The third-order valence-corrected chi connectivity index (χ3v) is 6.59. The van der Waals surface area contributed by atoms with Crippen molar-refractivity contribution in [1.29, 1.82) is 0 Å². The monoisotopic (exact) mass is 451 g/mol. The molecule has 1 aliphatic carbocycles. The maximum Gasteiger partial charge on any atom is 0.262 e. The van der Waals surface area contributed by atoms with Crippen molar-refractivity contribution in [1.82, 2.24) is 9.91 Å². The van der Waals surface area contributed by atoms with Gasteiger partial charge in [-0.05, 0) is 36.6 Å². The highest BCUT2D eigenvalue weighted by Gasteiger charge is 2.36. The Morgan fingerprint density at radius 2 is 1.88 bits per heavy atom. The van der Waals surface area contributed by atoms with Crippen LogP contribution in [0, 0.1) is 11.7 Å². The number of rotatable bonds is 5. The van der Waals surface area contributed by atoms with Gasteiger partial charge < -0.3 is 14.4 Å². The van der Waals surface area contributed by atoms with Crippen molar-refractivity contribution in [3.05, 3.63) is 59.4 Å². The molecular weight excluding hydrogens is 425 g/mol. The smallest absolute Gasteiger partial charge is 0.262 e. The van der Waals surface area contributed by atoms with Crippen LogP contribution in [0.4, 0.5) is 4.39 Å². The van der Waals surface area contributed by atoms with Crippen molar-refractivity contribution in [3.8, 4) is 11.5 Å². The van der Waals surface area contributed by atoms with Gasteiger partial charge in [0.1, 0.15) is 12.4 Å². The third-order valence-electron chi connectivity index (χ3n) is 6.59. The molecule has 1 saturated carbocycles. The molecule has 2 aromatic carbocycles. The lowest BCUT2D eigenvalue weighted by molar-refractivity contribution is -0.142. The number of hydrogen-bond donors (Lipinski definition) is 0. The van der Waals surface area contributed by atoms with E-state index in [2.05, 4.69) is 5.10 Å². The largest absolute Gasteiger partial charge is 0.454 e. The Morgan fingerprint density at radius 1 is 1.12 bits per heavy atom. The van der Waals surface area contributed by atoms with Crippen LogP contribution in [0.3, 0.4) is 0 Å². The van der Waals surface area contributed by atoms with E-state index in [9.17, 15) is 14.0 Å². The highest BCUT2D eigenvalue weighted by atomic mass is 19.1. The molecule has 7 nitrogen and oxygen atoms in total. The fourth-order valence-corrected chi connectivity index (χ4v) is 4.82. The Hall–Kier alpha value is -3.42. The standard InChI is InChI=1S/C25H26FN3O4/c1-28(25(31)16-6-2-3-7-16)14-24(30)29-21(17-10-11-22-23(12-17)33-15-32-22)13-20(27-29)18-8-4-5-9-19(18)26/h4-5,8-12,16,21H,2-3,6-7,13-15H2,1H3/t21-/m0/s1. The predicted molar refractivity (Wildman–Crippen MR) is 119 cm³/mol. The average molecular weight is 451 g/mol. The molecule has 2 heterocycles. The van der Waals surface area contributed by atoms with Gasteiger partial charge in [0.25, 0.3) is 5.91 Å². The molecule has 0 saturated heterocycles. The van der Waals surface area contributed by atoms with Gasteiger partial charge in [-0.25, -0.2) is 9.40 Å². The molecule has 3 aliphatic rings. The Bertz CT molecular complexity index is 1110. The second-order valence-corrected chi connectivity index (χ2v) is 8.77. The van der Waals surface area contributed by atoms with E-state index in [-0.39, 0.29) is 36.9 Å². The molecular formula is C25H26FN3O4. The summed E-state index contributed by atoms with van der Waals surface area (Å²) in [6.07, 6.45) is 4.19. The van der Waals surface area contributed by atoms with E-state index in [0.29, 0.717) is 29.2 Å². The summed E-state index contributed by atoms with van der Waals surface area (Å²) in [5.41, 5.74) is 1.68. The van der Waals surface area contributed by atoms with Crippen LogP contribution in [-0.2, 0) is 9.59 Å². The maximum absolute atomic E-state index is 14.5. The summed E-state index contributed by atoms with van der Waals surface area (Å²) >= 11 is 0. The second-order valence-electron chi connectivity index (χ2n) is 8.77. The first-order chi connectivity index (χ1) is 16.0. The van der Waals surface area contributed by atoms with Crippen molar-refractivity contribution in [2.75, 3.05) is 20.4 Å². The highest BCUT2D eigenvalue weighted by molar-refractivity contribution is 6.03. The molecule has 33 heavy (non-hydrogen) atoms. The highest BCUT2D eigenvalue weighted by Crippen LogP contribution is 2.39. The lowest BCUT2D eigenvalue weighted by Crippen LogP contribution is -2.41. The summed E-state index contributed by atoms with van der Waals surface area (Å²) in [4.78, 5) is 27.6. The molecule has 0 spiro atoms. The maximum atomic E-state index is 14.5. The number of hydrazone groups is 1. The van der Waals surface area contributed by atoms with Gasteiger partial charge in [-0.3, -0.25) is 9.59 Å². The number of ether oxygens (including phenoxy) is 2. The molecule has 0 bridgehead atoms. The first kappa shape index (κ1) is 21.4. The molecule has 0 N–H and O–H groups in total. The molecule has 2 aromatic rings. The Balaban J connectivity index is 1.42. The number of nitrogens with zero attached hydrogens (tertiary/aromatic N) is 3. The van der Waals surface area contributed by atoms with Gasteiger partial charge in [0, 0.05) is 24.9 Å². The molecule has 0 aromatic heterocycles. The molecule has 5 rings (SSSR count). The summed E-state index contributed by atoms with van der Waals surface area (Å²) in [5, 5.41) is 5.92. The lowest BCUT2D eigenvalue weighted by atomic mass is 9.97. The van der Waals surface area contributed by atoms with Gasteiger partial charge in [-0.15, -0.1) is 0 Å². The van der Waals surface area contributed by atoms with Crippen LogP contribution in [-0.4, -0.2) is 47.8 Å². The van der Waals surface area contributed by atoms with E-state index in [1.807, 2.05) is 12.1 Å². The molecule has 8 heteroatoms. The molecule has 1 fully saturated rings. The minimum absolute atomic E-state index is 0.00187. The first-order valence-electron chi connectivity index (χ1n) is 11.3. The molecule has 172 valence electrons. The summed E-state index contributed by atoms with van der Waals surface area (Å²) in [5.74, 6) is 0.544. The summed E-state index contributed by atoms with van der Waals surface area (Å²) in [7, 11) is 1.66. The quantitative estimate of drug-likeness (QED) is 0.692. The van der Waals surface area contributed by atoms with Crippen molar-refractivity contribution in [2.45, 2.75) is 38.1 Å². The molecule has 2 aliphatic heterocycles.